The van der Waals surface area contributed by atoms with E-state index in [0.29, 0.717) is 5.69 Å². The van der Waals surface area contributed by atoms with E-state index in [1.807, 2.05) is 19.1 Å². The predicted octanol–water partition coefficient (Wildman–Crippen LogP) is 1.87. The van der Waals surface area contributed by atoms with Crippen molar-refractivity contribution >= 4 is 22.6 Å². The molecule has 0 saturated carbocycles. The van der Waals surface area contributed by atoms with Gasteiger partial charge in [-0.25, -0.2) is 4.98 Å². The lowest BCUT2D eigenvalue weighted by Gasteiger charge is -1.92. The van der Waals surface area contributed by atoms with E-state index in [1.165, 1.54) is 0 Å². The van der Waals surface area contributed by atoms with Crippen LogP contribution in [0.1, 0.15) is 11.3 Å². The molecule has 0 unspecified atom stereocenters. The highest BCUT2D eigenvalue weighted by Gasteiger charge is 1.94. The fourth-order valence-corrected chi connectivity index (χ4v) is 1.43. The van der Waals surface area contributed by atoms with E-state index >= 15 is 0 Å². The fourth-order valence-electron chi connectivity index (χ4n) is 0.682. The first-order valence-corrected chi connectivity index (χ1v) is 3.84. The maximum Gasteiger partial charge on any atom is 0.141 e. The van der Waals surface area contributed by atoms with Crippen LogP contribution in [0.2, 0.25) is 0 Å². The van der Waals surface area contributed by atoms with Crippen LogP contribution in [0, 0.1) is 22.0 Å². The van der Waals surface area contributed by atoms with Crippen LogP contribution in [0.5, 0.6) is 0 Å². The molecule has 50 valence electrons. The van der Waals surface area contributed by atoms with Crippen molar-refractivity contribution in [2.45, 2.75) is 6.92 Å². The molecule has 3 heteroatoms. The van der Waals surface area contributed by atoms with Crippen molar-refractivity contribution in [3.8, 4) is 6.07 Å². The van der Waals surface area contributed by atoms with Crippen LogP contribution < -0.4 is 0 Å². The van der Waals surface area contributed by atoms with Crippen molar-refractivity contribution in [1.29, 1.82) is 5.26 Å². The van der Waals surface area contributed by atoms with Gasteiger partial charge in [-0.3, -0.25) is 0 Å². The highest BCUT2D eigenvalue weighted by molar-refractivity contribution is 14.1. The van der Waals surface area contributed by atoms with Gasteiger partial charge in [0.1, 0.15) is 15.5 Å². The quantitative estimate of drug-likeness (QED) is 0.516. The maximum absolute atomic E-state index is 8.47. The highest BCUT2D eigenvalue weighted by atomic mass is 127. The molecule has 0 aliphatic rings. The second kappa shape index (κ2) is 2.97. The number of pyridine rings is 1. The first kappa shape index (κ1) is 7.48. The molecular weight excluding hydrogens is 239 g/mol. The molecule has 0 amide bonds. The summed E-state index contributed by atoms with van der Waals surface area (Å²) < 4.78 is 0.870. The van der Waals surface area contributed by atoms with Gasteiger partial charge in [0, 0.05) is 0 Å². The molecule has 2 nitrogen and oxygen atoms in total. The molecule has 0 radical (unpaired) electrons. The molecule has 1 heterocycles. The number of nitriles is 1. The Morgan fingerprint density at radius 3 is 2.80 bits per heavy atom. The largest absolute Gasteiger partial charge is 0.231 e. The Kier molecular flexibility index (Phi) is 2.22. The molecule has 0 fully saturated rings. The Morgan fingerprint density at radius 1 is 1.60 bits per heavy atom. The van der Waals surface area contributed by atoms with Gasteiger partial charge < -0.3 is 0 Å². The standard InChI is InChI=1S/C7H5IN2/c1-5-2-6(4-9)10-7(8)3-5/h2-3H,1H3. The number of aryl methyl sites for hydroxylation is 1. The molecule has 0 atom stereocenters. The van der Waals surface area contributed by atoms with Crippen molar-refractivity contribution in [1.82, 2.24) is 4.98 Å². The van der Waals surface area contributed by atoms with Gasteiger partial charge in [0.05, 0.1) is 0 Å². The third-order valence-corrected chi connectivity index (χ3v) is 1.61. The van der Waals surface area contributed by atoms with Crippen LogP contribution in [-0.2, 0) is 0 Å². The lowest BCUT2D eigenvalue weighted by molar-refractivity contribution is 1.19. The average molecular weight is 244 g/mol. The Bertz CT molecular complexity index is 268. The van der Waals surface area contributed by atoms with Crippen molar-refractivity contribution in [3.05, 3.63) is 27.1 Å². The third-order valence-electron chi connectivity index (χ3n) is 1.05. The molecule has 0 bridgehead atoms. The molecule has 1 aromatic rings. The van der Waals surface area contributed by atoms with Crippen LogP contribution in [0.3, 0.4) is 0 Å². The molecule has 0 N–H and O–H groups in total. The molecule has 1 rings (SSSR count). The number of aromatic nitrogens is 1. The van der Waals surface area contributed by atoms with Gasteiger partial charge in [-0.1, -0.05) is 0 Å². The van der Waals surface area contributed by atoms with E-state index in [0.717, 1.165) is 9.26 Å². The van der Waals surface area contributed by atoms with Gasteiger partial charge in [0.2, 0.25) is 0 Å². The van der Waals surface area contributed by atoms with Crippen LogP contribution in [0.25, 0.3) is 0 Å². The summed E-state index contributed by atoms with van der Waals surface area (Å²) in [6.07, 6.45) is 0. The summed E-state index contributed by atoms with van der Waals surface area (Å²) in [5, 5.41) is 8.47. The van der Waals surface area contributed by atoms with E-state index in [-0.39, 0.29) is 0 Å². The Hall–Kier alpha value is -0.630. The SMILES string of the molecule is Cc1cc(I)nc(C#N)c1. The van der Waals surface area contributed by atoms with E-state index < -0.39 is 0 Å². The fraction of sp³-hybridized carbons (Fsp3) is 0.143. The monoisotopic (exact) mass is 244 g/mol. The molecule has 1 aromatic heterocycles. The first-order chi connectivity index (χ1) is 4.72. The van der Waals surface area contributed by atoms with Gasteiger partial charge in [0.15, 0.2) is 0 Å². The highest BCUT2D eigenvalue weighted by Crippen LogP contribution is 2.05. The van der Waals surface area contributed by atoms with Gasteiger partial charge in [-0.05, 0) is 47.2 Å². The molecular formula is C7H5IN2. The normalized spacial score (nSPS) is 8.90. The third kappa shape index (κ3) is 1.67. The van der Waals surface area contributed by atoms with Gasteiger partial charge in [-0.2, -0.15) is 5.26 Å². The lowest BCUT2D eigenvalue weighted by Crippen LogP contribution is -1.86. The Labute approximate surface area is 73.0 Å². The van der Waals surface area contributed by atoms with Gasteiger partial charge >= 0.3 is 0 Å². The summed E-state index contributed by atoms with van der Waals surface area (Å²) in [6.45, 7) is 1.95. The summed E-state index contributed by atoms with van der Waals surface area (Å²) >= 11 is 2.09. The van der Waals surface area contributed by atoms with Crippen molar-refractivity contribution < 1.29 is 0 Å². The minimum absolute atomic E-state index is 0.490. The topological polar surface area (TPSA) is 36.7 Å². The van der Waals surface area contributed by atoms with Crippen LogP contribution >= 0.6 is 22.6 Å². The van der Waals surface area contributed by atoms with Crippen molar-refractivity contribution in [2.24, 2.45) is 0 Å². The first-order valence-electron chi connectivity index (χ1n) is 2.76. The molecule has 0 aliphatic carbocycles. The second-order valence-electron chi connectivity index (χ2n) is 1.96. The molecule has 0 aliphatic heterocycles. The van der Waals surface area contributed by atoms with Crippen LogP contribution in [-0.4, -0.2) is 4.98 Å². The molecule has 0 saturated heterocycles. The minimum Gasteiger partial charge on any atom is -0.231 e. The van der Waals surface area contributed by atoms with E-state index in [9.17, 15) is 0 Å². The summed E-state index contributed by atoms with van der Waals surface area (Å²) in [6, 6.07) is 5.69. The zero-order valence-corrected chi connectivity index (χ0v) is 7.58. The zero-order chi connectivity index (χ0) is 7.56. The van der Waals surface area contributed by atoms with Crippen molar-refractivity contribution in [2.75, 3.05) is 0 Å². The Morgan fingerprint density at radius 2 is 2.30 bits per heavy atom. The Balaban J connectivity index is 3.22. The maximum atomic E-state index is 8.47. The van der Waals surface area contributed by atoms with Crippen molar-refractivity contribution in [3.63, 3.8) is 0 Å². The average Bonchev–Trinajstić information content (AvgIpc) is 1.85. The summed E-state index contributed by atoms with van der Waals surface area (Å²) in [5.74, 6) is 0. The van der Waals surface area contributed by atoms with E-state index in [4.69, 9.17) is 5.26 Å². The minimum atomic E-state index is 0.490. The lowest BCUT2D eigenvalue weighted by atomic mass is 10.2. The summed E-state index contributed by atoms with van der Waals surface area (Å²) in [7, 11) is 0. The van der Waals surface area contributed by atoms with Crippen LogP contribution in [0.4, 0.5) is 0 Å². The van der Waals surface area contributed by atoms with Gasteiger partial charge in [-0.15, -0.1) is 0 Å². The number of halogens is 1. The van der Waals surface area contributed by atoms with Crippen LogP contribution in [0.15, 0.2) is 12.1 Å². The smallest absolute Gasteiger partial charge is 0.141 e. The number of hydrogen-bond donors (Lipinski definition) is 0. The summed E-state index contributed by atoms with van der Waals surface area (Å²) in [4.78, 5) is 3.98. The molecule has 10 heavy (non-hydrogen) atoms. The number of nitrogens with zero attached hydrogens (tertiary/aromatic N) is 2. The number of rotatable bonds is 0. The summed E-state index contributed by atoms with van der Waals surface area (Å²) in [5.41, 5.74) is 1.57. The molecule has 0 spiro atoms. The zero-order valence-electron chi connectivity index (χ0n) is 5.43. The van der Waals surface area contributed by atoms with E-state index in [2.05, 4.69) is 27.6 Å². The number of hydrogen-bond acceptors (Lipinski definition) is 2. The van der Waals surface area contributed by atoms with E-state index in [1.54, 1.807) is 6.07 Å². The second-order valence-corrected chi connectivity index (χ2v) is 3.07. The predicted molar refractivity (Wildman–Crippen MR) is 46.4 cm³/mol. The van der Waals surface area contributed by atoms with Gasteiger partial charge in [0.25, 0.3) is 0 Å². The molecule has 0 aromatic carbocycles.